The van der Waals surface area contributed by atoms with Gasteiger partial charge in [0.05, 0.1) is 13.8 Å². The SMILES string of the molecule is COc1cc(C=O)ccc1OCC(O)CN1C=CN(C)C1. The van der Waals surface area contributed by atoms with Crippen LogP contribution in [0, 0.1) is 0 Å². The summed E-state index contributed by atoms with van der Waals surface area (Å²) in [5, 5.41) is 10.0. The predicted octanol–water partition coefficient (Wildman–Crippen LogP) is 0.923. The minimum Gasteiger partial charge on any atom is -0.493 e. The zero-order valence-corrected chi connectivity index (χ0v) is 12.2. The van der Waals surface area contributed by atoms with Gasteiger partial charge in [-0.15, -0.1) is 0 Å². The lowest BCUT2D eigenvalue weighted by molar-refractivity contribution is 0.0768. The first kappa shape index (κ1) is 15.2. The quantitative estimate of drug-likeness (QED) is 0.754. The molecule has 1 aromatic rings. The van der Waals surface area contributed by atoms with Gasteiger partial charge in [-0.1, -0.05) is 0 Å². The minimum atomic E-state index is -0.614. The molecule has 0 bridgehead atoms. The summed E-state index contributed by atoms with van der Waals surface area (Å²) < 4.78 is 10.7. The van der Waals surface area contributed by atoms with E-state index in [1.54, 1.807) is 18.2 Å². The second-order valence-corrected chi connectivity index (χ2v) is 4.96. The molecule has 0 radical (unpaired) electrons. The number of hydrogen-bond donors (Lipinski definition) is 1. The Hall–Kier alpha value is -2.21. The summed E-state index contributed by atoms with van der Waals surface area (Å²) in [7, 11) is 3.48. The molecule has 1 aliphatic rings. The molecule has 0 fully saturated rings. The molecule has 6 heteroatoms. The van der Waals surface area contributed by atoms with Gasteiger partial charge >= 0.3 is 0 Å². The number of carbonyl (C=O) groups is 1. The Bertz CT molecular complexity index is 518. The molecule has 0 saturated heterocycles. The fourth-order valence-electron chi connectivity index (χ4n) is 2.09. The van der Waals surface area contributed by atoms with E-state index in [0.717, 1.165) is 13.0 Å². The molecule has 1 unspecified atom stereocenters. The molecule has 114 valence electrons. The van der Waals surface area contributed by atoms with Crippen LogP contribution < -0.4 is 9.47 Å². The average molecular weight is 292 g/mol. The highest BCUT2D eigenvalue weighted by atomic mass is 16.5. The van der Waals surface area contributed by atoms with Gasteiger partial charge in [-0.2, -0.15) is 0 Å². The highest BCUT2D eigenvalue weighted by molar-refractivity contribution is 5.76. The summed E-state index contributed by atoms with van der Waals surface area (Å²) in [5.74, 6) is 0.990. The number of benzene rings is 1. The van der Waals surface area contributed by atoms with Crippen molar-refractivity contribution < 1.29 is 19.4 Å². The number of hydrogen-bond acceptors (Lipinski definition) is 6. The maximum atomic E-state index is 10.7. The Morgan fingerprint density at radius 3 is 2.81 bits per heavy atom. The first-order valence-electron chi connectivity index (χ1n) is 6.69. The highest BCUT2D eigenvalue weighted by Gasteiger charge is 2.15. The predicted molar refractivity (Wildman–Crippen MR) is 78.4 cm³/mol. The van der Waals surface area contributed by atoms with Gasteiger partial charge < -0.3 is 24.4 Å². The lowest BCUT2D eigenvalue weighted by atomic mass is 10.2. The normalized spacial score (nSPS) is 15.2. The Labute approximate surface area is 124 Å². The second-order valence-electron chi connectivity index (χ2n) is 4.96. The first-order valence-corrected chi connectivity index (χ1v) is 6.69. The fourth-order valence-corrected chi connectivity index (χ4v) is 2.09. The third-order valence-electron chi connectivity index (χ3n) is 3.14. The van der Waals surface area contributed by atoms with Crippen LogP contribution in [0.15, 0.2) is 30.6 Å². The number of nitrogens with zero attached hydrogens (tertiary/aromatic N) is 2. The topological polar surface area (TPSA) is 62.2 Å². The van der Waals surface area contributed by atoms with E-state index in [1.807, 2.05) is 29.2 Å². The molecule has 0 saturated carbocycles. The molecule has 1 N–H and O–H groups in total. The van der Waals surface area contributed by atoms with Crippen molar-refractivity contribution in [3.8, 4) is 11.5 Å². The van der Waals surface area contributed by atoms with Gasteiger partial charge in [0.1, 0.15) is 19.0 Å². The largest absolute Gasteiger partial charge is 0.493 e. The molecule has 2 rings (SSSR count). The van der Waals surface area contributed by atoms with Crippen molar-refractivity contribution in [2.24, 2.45) is 0 Å². The Balaban J connectivity index is 1.87. The number of aliphatic hydroxyl groups is 1. The first-order chi connectivity index (χ1) is 10.1. The number of β-amino-alcohol motifs (C(OH)–C–C–N with tert-alkyl or cyclic N) is 1. The molecular formula is C15H20N2O4. The Morgan fingerprint density at radius 2 is 2.19 bits per heavy atom. The average Bonchev–Trinajstić information content (AvgIpc) is 2.90. The van der Waals surface area contributed by atoms with Crippen LogP contribution in [0.2, 0.25) is 0 Å². The molecule has 1 heterocycles. The van der Waals surface area contributed by atoms with Crippen LogP contribution in [0.1, 0.15) is 10.4 Å². The lowest BCUT2D eigenvalue weighted by Gasteiger charge is -2.22. The molecule has 0 aliphatic carbocycles. The molecule has 0 amide bonds. The van der Waals surface area contributed by atoms with Crippen molar-refractivity contribution >= 4 is 6.29 Å². The zero-order valence-electron chi connectivity index (χ0n) is 12.2. The maximum Gasteiger partial charge on any atom is 0.161 e. The van der Waals surface area contributed by atoms with Crippen LogP contribution in [-0.2, 0) is 0 Å². The second kappa shape index (κ2) is 6.99. The van der Waals surface area contributed by atoms with Crippen LogP contribution >= 0.6 is 0 Å². The molecule has 1 aromatic carbocycles. The molecule has 1 atom stereocenters. The summed E-state index contributed by atoms with van der Waals surface area (Å²) >= 11 is 0. The lowest BCUT2D eigenvalue weighted by Crippen LogP contribution is -2.33. The number of ether oxygens (including phenoxy) is 2. The van der Waals surface area contributed by atoms with Gasteiger partial charge in [-0.3, -0.25) is 4.79 Å². The minimum absolute atomic E-state index is 0.158. The molecule has 0 aromatic heterocycles. The number of methoxy groups -OCH3 is 1. The van der Waals surface area contributed by atoms with Crippen molar-refractivity contribution in [2.45, 2.75) is 6.10 Å². The van der Waals surface area contributed by atoms with E-state index in [1.165, 1.54) is 7.11 Å². The zero-order chi connectivity index (χ0) is 15.2. The third-order valence-corrected chi connectivity index (χ3v) is 3.14. The van der Waals surface area contributed by atoms with Crippen molar-refractivity contribution in [3.05, 3.63) is 36.2 Å². The number of rotatable bonds is 7. The van der Waals surface area contributed by atoms with Crippen molar-refractivity contribution in [2.75, 3.05) is 34.0 Å². The van der Waals surface area contributed by atoms with Crippen LogP contribution in [0.3, 0.4) is 0 Å². The monoisotopic (exact) mass is 292 g/mol. The highest BCUT2D eigenvalue weighted by Crippen LogP contribution is 2.27. The van der Waals surface area contributed by atoms with Gasteiger partial charge in [-0.25, -0.2) is 0 Å². The van der Waals surface area contributed by atoms with E-state index >= 15 is 0 Å². The summed E-state index contributed by atoms with van der Waals surface area (Å²) in [4.78, 5) is 14.7. The van der Waals surface area contributed by atoms with E-state index < -0.39 is 6.10 Å². The van der Waals surface area contributed by atoms with E-state index in [0.29, 0.717) is 23.6 Å². The van der Waals surface area contributed by atoms with E-state index in [2.05, 4.69) is 0 Å². The van der Waals surface area contributed by atoms with Crippen molar-refractivity contribution in [3.63, 3.8) is 0 Å². The Morgan fingerprint density at radius 1 is 1.38 bits per heavy atom. The molecule has 0 spiro atoms. The van der Waals surface area contributed by atoms with E-state index in [-0.39, 0.29) is 6.61 Å². The van der Waals surface area contributed by atoms with Gasteiger partial charge in [0.2, 0.25) is 0 Å². The fraction of sp³-hybridized carbons (Fsp3) is 0.400. The van der Waals surface area contributed by atoms with E-state index in [9.17, 15) is 9.90 Å². The molecular weight excluding hydrogens is 272 g/mol. The summed E-state index contributed by atoms with van der Waals surface area (Å²) in [6.07, 6.45) is 4.02. The van der Waals surface area contributed by atoms with Crippen molar-refractivity contribution in [1.82, 2.24) is 9.80 Å². The van der Waals surface area contributed by atoms with E-state index in [4.69, 9.17) is 9.47 Å². The summed E-state index contributed by atoms with van der Waals surface area (Å²) in [5.41, 5.74) is 0.519. The van der Waals surface area contributed by atoms with Gasteiger partial charge in [0.25, 0.3) is 0 Å². The standard InChI is InChI=1S/C15H20N2O4/c1-16-5-6-17(11-16)8-13(19)10-21-14-4-3-12(9-18)7-15(14)20-2/h3-7,9,13,19H,8,10-11H2,1-2H3. The molecule has 21 heavy (non-hydrogen) atoms. The number of carbonyl (C=O) groups excluding carboxylic acids is 1. The van der Waals surface area contributed by atoms with Gasteiger partial charge in [0.15, 0.2) is 11.5 Å². The van der Waals surface area contributed by atoms with Crippen LogP contribution in [0.5, 0.6) is 11.5 Å². The maximum absolute atomic E-state index is 10.7. The van der Waals surface area contributed by atoms with Crippen LogP contribution in [0.25, 0.3) is 0 Å². The van der Waals surface area contributed by atoms with Crippen LogP contribution in [0.4, 0.5) is 0 Å². The molecule has 6 nitrogen and oxygen atoms in total. The third kappa shape index (κ3) is 4.13. The van der Waals surface area contributed by atoms with Gasteiger partial charge in [-0.05, 0) is 18.2 Å². The Kier molecular flexibility index (Phi) is 5.05. The summed E-state index contributed by atoms with van der Waals surface area (Å²) in [6.45, 7) is 1.41. The molecule has 1 aliphatic heterocycles. The number of aliphatic hydroxyl groups excluding tert-OH is 1. The smallest absolute Gasteiger partial charge is 0.161 e. The number of aldehydes is 1. The van der Waals surface area contributed by atoms with Gasteiger partial charge in [0, 0.05) is 31.6 Å². The summed E-state index contributed by atoms with van der Waals surface area (Å²) in [6, 6.07) is 4.92. The van der Waals surface area contributed by atoms with Crippen molar-refractivity contribution in [1.29, 1.82) is 0 Å². The van der Waals surface area contributed by atoms with Crippen LogP contribution in [-0.4, -0.2) is 61.3 Å².